The van der Waals surface area contributed by atoms with E-state index in [1.165, 1.54) is 7.11 Å². The average Bonchev–Trinajstić information content (AvgIpc) is 2.36. The summed E-state index contributed by atoms with van der Waals surface area (Å²) in [6.07, 6.45) is 0. The standard InChI is InChI=1S/C13H20N2O3/c1-9-10(12(17)18-4)5-6-11(15-9)14-7-13(2,3)8-16/h5-6,16H,7-8H2,1-4H3,(H,14,15). The zero-order valence-corrected chi connectivity index (χ0v) is 11.3. The van der Waals surface area contributed by atoms with Crippen LogP contribution in [0.25, 0.3) is 0 Å². The van der Waals surface area contributed by atoms with Crippen LogP contribution in [-0.4, -0.2) is 36.3 Å². The van der Waals surface area contributed by atoms with Crippen molar-refractivity contribution in [1.29, 1.82) is 0 Å². The van der Waals surface area contributed by atoms with Crippen LogP contribution in [0, 0.1) is 12.3 Å². The molecule has 1 aromatic heterocycles. The van der Waals surface area contributed by atoms with Crippen LogP contribution >= 0.6 is 0 Å². The maximum Gasteiger partial charge on any atom is 0.339 e. The number of aryl methyl sites for hydroxylation is 1. The Morgan fingerprint density at radius 3 is 2.67 bits per heavy atom. The van der Waals surface area contributed by atoms with Crippen LogP contribution < -0.4 is 5.32 Å². The number of hydrogen-bond acceptors (Lipinski definition) is 5. The highest BCUT2D eigenvalue weighted by Gasteiger charge is 2.17. The molecule has 0 atom stereocenters. The Morgan fingerprint density at radius 1 is 1.50 bits per heavy atom. The van der Waals surface area contributed by atoms with Crippen LogP contribution in [0.2, 0.25) is 0 Å². The second-order valence-corrected chi connectivity index (χ2v) is 5.00. The Kier molecular flexibility index (Phi) is 4.67. The first-order valence-electron chi connectivity index (χ1n) is 5.80. The number of nitrogens with one attached hydrogen (secondary N) is 1. The third-order valence-electron chi connectivity index (χ3n) is 2.67. The fourth-order valence-electron chi connectivity index (χ4n) is 1.37. The van der Waals surface area contributed by atoms with E-state index in [0.717, 1.165) is 0 Å². The summed E-state index contributed by atoms with van der Waals surface area (Å²) < 4.78 is 4.66. The fraction of sp³-hybridized carbons (Fsp3) is 0.538. The zero-order valence-electron chi connectivity index (χ0n) is 11.3. The maximum absolute atomic E-state index is 11.4. The number of rotatable bonds is 5. The first-order valence-corrected chi connectivity index (χ1v) is 5.80. The zero-order chi connectivity index (χ0) is 13.8. The molecule has 0 bridgehead atoms. The van der Waals surface area contributed by atoms with Gasteiger partial charge in [0, 0.05) is 18.6 Å². The number of carbonyl (C=O) groups excluding carboxylic acids is 1. The van der Waals surface area contributed by atoms with Crippen molar-refractivity contribution in [2.24, 2.45) is 5.41 Å². The van der Waals surface area contributed by atoms with Gasteiger partial charge in [-0.15, -0.1) is 0 Å². The summed E-state index contributed by atoms with van der Waals surface area (Å²) in [7, 11) is 1.34. The highest BCUT2D eigenvalue weighted by atomic mass is 16.5. The van der Waals surface area contributed by atoms with Crippen molar-refractivity contribution in [2.45, 2.75) is 20.8 Å². The second kappa shape index (κ2) is 5.82. The molecule has 0 spiro atoms. The number of nitrogens with zero attached hydrogens (tertiary/aromatic N) is 1. The summed E-state index contributed by atoms with van der Waals surface area (Å²) in [4.78, 5) is 15.7. The average molecular weight is 252 g/mol. The van der Waals surface area contributed by atoms with Crippen LogP contribution in [0.3, 0.4) is 0 Å². The molecule has 0 aliphatic heterocycles. The van der Waals surface area contributed by atoms with Crippen molar-refractivity contribution in [3.8, 4) is 0 Å². The number of hydrogen-bond donors (Lipinski definition) is 2. The summed E-state index contributed by atoms with van der Waals surface area (Å²) >= 11 is 0. The van der Waals surface area contributed by atoms with Gasteiger partial charge in [0.1, 0.15) is 5.82 Å². The number of aliphatic hydroxyl groups excluding tert-OH is 1. The molecule has 2 N–H and O–H groups in total. The molecule has 0 radical (unpaired) electrons. The van der Waals surface area contributed by atoms with E-state index in [1.54, 1.807) is 19.1 Å². The van der Waals surface area contributed by atoms with Crippen LogP contribution in [0.5, 0.6) is 0 Å². The third kappa shape index (κ3) is 3.70. The summed E-state index contributed by atoms with van der Waals surface area (Å²) in [5, 5.41) is 12.3. The van der Waals surface area contributed by atoms with E-state index >= 15 is 0 Å². The van der Waals surface area contributed by atoms with E-state index in [-0.39, 0.29) is 18.0 Å². The molecular weight excluding hydrogens is 232 g/mol. The number of anilines is 1. The number of aliphatic hydroxyl groups is 1. The molecule has 5 nitrogen and oxygen atoms in total. The van der Waals surface area contributed by atoms with E-state index < -0.39 is 0 Å². The first kappa shape index (κ1) is 14.4. The van der Waals surface area contributed by atoms with Gasteiger partial charge >= 0.3 is 5.97 Å². The molecule has 1 aromatic rings. The molecular formula is C13H20N2O3. The molecule has 1 heterocycles. The number of aromatic nitrogens is 1. The van der Waals surface area contributed by atoms with Gasteiger partial charge in [-0.05, 0) is 19.1 Å². The molecule has 0 saturated carbocycles. The lowest BCUT2D eigenvalue weighted by Gasteiger charge is -2.22. The Bertz CT molecular complexity index is 430. The summed E-state index contributed by atoms with van der Waals surface area (Å²) in [5.41, 5.74) is 0.870. The topological polar surface area (TPSA) is 71.5 Å². The molecule has 0 aliphatic rings. The number of esters is 1. The molecule has 100 valence electrons. The number of methoxy groups -OCH3 is 1. The van der Waals surface area contributed by atoms with E-state index in [2.05, 4.69) is 15.0 Å². The highest BCUT2D eigenvalue weighted by molar-refractivity contribution is 5.90. The Balaban J connectivity index is 2.76. The lowest BCUT2D eigenvalue weighted by atomic mass is 9.95. The van der Waals surface area contributed by atoms with Crippen LogP contribution in [0.15, 0.2) is 12.1 Å². The van der Waals surface area contributed by atoms with Crippen molar-refractivity contribution in [3.05, 3.63) is 23.4 Å². The van der Waals surface area contributed by atoms with E-state index in [9.17, 15) is 4.79 Å². The van der Waals surface area contributed by atoms with E-state index in [4.69, 9.17) is 5.11 Å². The minimum absolute atomic E-state index is 0.0965. The molecule has 0 fully saturated rings. The minimum Gasteiger partial charge on any atom is -0.465 e. The molecule has 1 rings (SSSR count). The van der Waals surface area contributed by atoms with Gasteiger partial charge in [-0.1, -0.05) is 13.8 Å². The van der Waals surface area contributed by atoms with Gasteiger partial charge in [0.05, 0.1) is 18.4 Å². The predicted octanol–water partition coefficient (Wildman–Crippen LogP) is 1.61. The van der Waals surface area contributed by atoms with Gasteiger partial charge in [-0.25, -0.2) is 9.78 Å². The largest absolute Gasteiger partial charge is 0.465 e. The molecule has 0 saturated heterocycles. The quantitative estimate of drug-likeness (QED) is 0.779. The smallest absolute Gasteiger partial charge is 0.339 e. The number of carbonyl (C=O) groups is 1. The predicted molar refractivity (Wildman–Crippen MR) is 69.7 cm³/mol. The Morgan fingerprint density at radius 2 is 2.17 bits per heavy atom. The first-order chi connectivity index (χ1) is 8.39. The van der Waals surface area contributed by atoms with E-state index in [1.807, 2.05) is 13.8 Å². The van der Waals surface area contributed by atoms with Crippen LogP contribution in [0.4, 0.5) is 5.82 Å². The lowest BCUT2D eigenvalue weighted by Crippen LogP contribution is -2.27. The van der Waals surface area contributed by atoms with Crippen molar-refractivity contribution in [1.82, 2.24) is 4.98 Å². The molecule has 0 amide bonds. The molecule has 5 heteroatoms. The van der Waals surface area contributed by atoms with Crippen molar-refractivity contribution in [2.75, 3.05) is 25.6 Å². The number of pyridine rings is 1. The molecule has 18 heavy (non-hydrogen) atoms. The lowest BCUT2D eigenvalue weighted by molar-refractivity contribution is 0.0599. The van der Waals surface area contributed by atoms with Gasteiger partial charge in [0.15, 0.2) is 0 Å². The van der Waals surface area contributed by atoms with Gasteiger partial charge < -0.3 is 15.2 Å². The van der Waals surface area contributed by atoms with Gasteiger partial charge in [0.25, 0.3) is 0 Å². The maximum atomic E-state index is 11.4. The van der Waals surface area contributed by atoms with Crippen molar-refractivity contribution >= 4 is 11.8 Å². The minimum atomic E-state index is -0.387. The second-order valence-electron chi connectivity index (χ2n) is 5.00. The summed E-state index contributed by atoms with van der Waals surface area (Å²) in [6, 6.07) is 3.41. The highest BCUT2D eigenvalue weighted by Crippen LogP contribution is 2.16. The molecule has 0 aromatic carbocycles. The Hall–Kier alpha value is -1.62. The van der Waals surface area contributed by atoms with E-state index in [0.29, 0.717) is 23.6 Å². The van der Waals surface area contributed by atoms with Crippen LogP contribution in [0.1, 0.15) is 29.9 Å². The van der Waals surface area contributed by atoms with Gasteiger partial charge in [-0.3, -0.25) is 0 Å². The SMILES string of the molecule is COC(=O)c1ccc(NCC(C)(C)CO)nc1C. The Labute approximate surface area is 107 Å². The van der Waals surface area contributed by atoms with Gasteiger partial charge in [0.2, 0.25) is 0 Å². The normalized spacial score (nSPS) is 11.2. The summed E-state index contributed by atoms with van der Waals surface area (Å²) in [5.74, 6) is 0.295. The number of ether oxygens (including phenoxy) is 1. The van der Waals surface area contributed by atoms with Crippen molar-refractivity contribution < 1.29 is 14.6 Å². The molecule has 0 unspecified atom stereocenters. The van der Waals surface area contributed by atoms with Gasteiger partial charge in [-0.2, -0.15) is 0 Å². The molecule has 0 aliphatic carbocycles. The monoisotopic (exact) mass is 252 g/mol. The fourth-order valence-corrected chi connectivity index (χ4v) is 1.37. The van der Waals surface area contributed by atoms with Crippen LogP contribution in [-0.2, 0) is 4.74 Å². The third-order valence-corrected chi connectivity index (χ3v) is 2.67. The van der Waals surface area contributed by atoms with Crippen molar-refractivity contribution in [3.63, 3.8) is 0 Å². The summed E-state index contributed by atoms with van der Waals surface area (Å²) in [6.45, 7) is 6.37.